The molecule has 0 saturated carbocycles. The summed E-state index contributed by atoms with van der Waals surface area (Å²) in [5, 5.41) is 1.83. The van der Waals surface area contributed by atoms with Crippen molar-refractivity contribution in [3.8, 4) is 5.75 Å². The fraction of sp³-hybridized carbons (Fsp3) is 0.417. The molecule has 136 valence electrons. The van der Waals surface area contributed by atoms with Crippen molar-refractivity contribution in [2.75, 3.05) is 7.05 Å². The van der Waals surface area contributed by atoms with E-state index >= 15 is 0 Å². The summed E-state index contributed by atoms with van der Waals surface area (Å²) in [6.45, 7) is 0. The van der Waals surface area contributed by atoms with E-state index in [0.717, 1.165) is 13.1 Å². The van der Waals surface area contributed by atoms with Crippen molar-refractivity contribution in [1.82, 2.24) is 5.32 Å². The number of halogens is 9. The topological polar surface area (TPSA) is 38.3 Å². The highest BCUT2D eigenvalue weighted by Crippen LogP contribution is 2.60. The second-order valence-electron chi connectivity index (χ2n) is 4.41. The largest absolute Gasteiger partial charge is 0.416 e. The summed E-state index contributed by atoms with van der Waals surface area (Å²) in [6, 6.07) is 1.08. The summed E-state index contributed by atoms with van der Waals surface area (Å²) < 4.78 is 121. The summed E-state index contributed by atoms with van der Waals surface area (Å²) in [6.07, 6.45) is -21.5. The lowest BCUT2D eigenvalue weighted by Crippen LogP contribution is -2.63. The van der Waals surface area contributed by atoms with E-state index in [0.29, 0.717) is 6.07 Å². The monoisotopic (exact) mass is 369 g/mol. The van der Waals surface area contributed by atoms with Crippen LogP contribution in [0.5, 0.6) is 5.75 Å². The molecule has 1 amide bonds. The lowest BCUT2D eigenvalue weighted by atomic mass is 9.78. The number of hydrogen-bond acceptors (Lipinski definition) is 2. The Kier molecular flexibility index (Phi) is 5.02. The van der Waals surface area contributed by atoms with E-state index in [1.54, 1.807) is 0 Å². The van der Waals surface area contributed by atoms with Crippen LogP contribution in [-0.2, 0) is 5.41 Å². The summed E-state index contributed by atoms with van der Waals surface area (Å²) in [7, 11) is 1.03. The molecule has 24 heavy (non-hydrogen) atoms. The molecule has 0 spiro atoms. The highest BCUT2D eigenvalue weighted by Gasteiger charge is 2.84. The molecule has 1 N–H and O–H groups in total. The zero-order valence-electron chi connectivity index (χ0n) is 11.5. The normalized spacial score (nSPS) is 13.6. The molecule has 0 radical (unpaired) electrons. The Hall–Kier alpha value is -2.14. The fourth-order valence-corrected chi connectivity index (χ4v) is 1.92. The maximum absolute atomic E-state index is 13.0. The predicted molar refractivity (Wildman–Crippen MR) is 61.4 cm³/mol. The van der Waals surface area contributed by atoms with Crippen molar-refractivity contribution >= 4 is 6.09 Å². The number of carbonyl (C=O) groups is 1. The molecule has 0 aliphatic heterocycles. The Morgan fingerprint density at radius 1 is 0.917 bits per heavy atom. The molecule has 0 aromatic heterocycles. The van der Waals surface area contributed by atoms with Gasteiger partial charge in [0.2, 0.25) is 0 Å². The Bertz CT molecular complexity index is 568. The molecule has 3 nitrogen and oxygen atoms in total. The van der Waals surface area contributed by atoms with Crippen LogP contribution in [-0.4, -0.2) is 31.7 Å². The number of nitrogens with one attached hydrogen (secondary N) is 1. The van der Waals surface area contributed by atoms with Gasteiger partial charge in [-0.1, -0.05) is 12.1 Å². The van der Waals surface area contributed by atoms with E-state index < -0.39 is 41.4 Å². The molecule has 0 atom stereocenters. The highest BCUT2D eigenvalue weighted by molar-refractivity contribution is 5.70. The number of benzene rings is 1. The maximum Gasteiger partial charge on any atom is 0.416 e. The van der Waals surface area contributed by atoms with E-state index in [2.05, 4.69) is 4.74 Å². The van der Waals surface area contributed by atoms with E-state index in [-0.39, 0.29) is 12.1 Å². The minimum atomic E-state index is -6.74. The van der Waals surface area contributed by atoms with E-state index in [1.807, 2.05) is 5.32 Å². The molecule has 0 heterocycles. The van der Waals surface area contributed by atoms with Gasteiger partial charge in [0, 0.05) is 7.05 Å². The minimum absolute atomic E-state index is 0.00514. The summed E-state index contributed by atoms with van der Waals surface area (Å²) in [5.74, 6) is -0.922. The molecule has 0 saturated heterocycles. The van der Waals surface area contributed by atoms with Crippen LogP contribution in [0, 0.1) is 0 Å². The SMILES string of the molecule is CNC(=O)Oc1cccc(C(C(F)(F)F)(C(F)(F)F)C(F)(F)F)c1. The third-order valence-corrected chi connectivity index (χ3v) is 2.96. The second-order valence-corrected chi connectivity index (χ2v) is 4.41. The molecular weight excluding hydrogens is 361 g/mol. The standard InChI is InChI=1S/C12H8F9NO2/c1-22-8(23)24-7-4-2-3-6(5-7)9(10(13,14)15,11(16,17)18)12(19,20)21/h2-5H,1H3,(H,22,23). The second kappa shape index (κ2) is 6.06. The Morgan fingerprint density at radius 3 is 1.75 bits per heavy atom. The van der Waals surface area contributed by atoms with Crippen LogP contribution in [0.1, 0.15) is 5.56 Å². The molecule has 1 rings (SSSR count). The molecule has 0 unspecified atom stereocenters. The van der Waals surface area contributed by atoms with Gasteiger partial charge in [0.05, 0.1) is 0 Å². The van der Waals surface area contributed by atoms with Crippen molar-refractivity contribution in [2.24, 2.45) is 0 Å². The van der Waals surface area contributed by atoms with Crippen molar-refractivity contribution in [3.63, 3.8) is 0 Å². The van der Waals surface area contributed by atoms with Crippen LogP contribution in [0.15, 0.2) is 24.3 Å². The van der Waals surface area contributed by atoms with Gasteiger partial charge in [-0.25, -0.2) is 4.79 Å². The summed E-state index contributed by atoms with van der Waals surface area (Å²) in [5.41, 5.74) is -8.30. The molecule has 0 bridgehead atoms. The van der Waals surface area contributed by atoms with Gasteiger partial charge < -0.3 is 10.1 Å². The smallest absolute Gasteiger partial charge is 0.410 e. The Balaban J connectivity index is 3.69. The molecule has 12 heteroatoms. The number of ether oxygens (including phenoxy) is 1. The van der Waals surface area contributed by atoms with Crippen LogP contribution >= 0.6 is 0 Å². The molecule has 0 aliphatic rings. The third-order valence-electron chi connectivity index (χ3n) is 2.96. The third kappa shape index (κ3) is 3.22. The predicted octanol–water partition coefficient (Wildman–Crippen LogP) is 4.33. The summed E-state index contributed by atoms with van der Waals surface area (Å²) >= 11 is 0. The quantitative estimate of drug-likeness (QED) is 0.789. The van der Waals surface area contributed by atoms with Gasteiger partial charge in [0.15, 0.2) is 0 Å². The van der Waals surface area contributed by atoms with Crippen molar-refractivity contribution in [1.29, 1.82) is 0 Å². The zero-order valence-corrected chi connectivity index (χ0v) is 11.5. The maximum atomic E-state index is 13.0. The first kappa shape index (κ1) is 19.9. The van der Waals surface area contributed by atoms with E-state index in [4.69, 9.17) is 0 Å². The van der Waals surface area contributed by atoms with Gasteiger partial charge in [0.1, 0.15) is 5.75 Å². The van der Waals surface area contributed by atoms with Crippen LogP contribution in [0.4, 0.5) is 44.3 Å². The van der Waals surface area contributed by atoms with Gasteiger partial charge in [-0.05, 0) is 17.7 Å². The first-order chi connectivity index (χ1) is 10.7. The van der Waals surface area contributed by atoms with Gasteiger partial charge in [0.25, 0.3) is 5.41 Å². The van der Waals surface area contributed by atoms with Gasteiger partial charge in [-0.15, -0.1) is 0 Å². The van der Waals surface area contributed by atoms with Crippen molar-refractivity contribution in [3.05, 3.63) is 29.8 Å². The average molecular weight is 369 g/mol. The Morgan fingerprint density at radius 2 is 1.38 bits per heavy atom. The van der Waals surface area contributed by atoms with Crippen molar-refractivity contribution in [2.45, 2.75) is 23.9 Å². The van der Waals surface area contributed by atoms with Crippen LogP contribution in [0.3, 0.4) is 0 Å². The first-order valence-electron chi connectivity index (χ1n) is 5.88. The first-order valence-corrected chi connectivity index (χ1v) is 5.88. The number of rotatable bonds is 2. The molecule has 1 aromatic carbocycles. The van der Waals surface area contributed by atoms with Gasteiger partial charge in [-0.2, -0.15) is 39.5 Å². The highest BCUT2D eigenvalue weighted by atomic mass is 19.4. The molecule has 1 aromatic rings. The van der Waals surface area contributed by atoms with Crippen LogP contribution in [0.25, 0.3) is 0 Å². The number of carbonyl (C=O) groups excluding carboxylic acids is 1. The van der Waals surface area contributed by atoms with Crippen molar-refractivity contribution < 1.29 is 49.0 Å². The minimum Gasteiger partial charge on any atom is -0.410 e. The van der Waals surface area contributed by atoms with Gasteiger partial charge in [-0.3, -0.25) is 0 Å². The van der Waals surface area contributed by atoms with E-state index in [9.17, 15) is 44.3 Å². The Labute approximate surface area is 128 Å². The summed E-state index contributed by atoms with van der Waals surface area (Å²) in [4.78, 5) is 10.9. The lowest BCUT2D eigenvalue weighted by molar-refractivity contribution is -0.387. The number of hydrogen-bond donors (Lipinski definition) is 1. The van der Waals surface area contributed by atoms with E-state index in [1.165, 1.54) is 0 Å². The molecule has 0 aliphatic carbocycles. The average Bonchev–Trinajstić information content (AvgIpc) is 2.34. The fourth-order valence-electron chi connectivity index (χ4n) is 1.92. The lowest BCUT2D eigenvalue weighted by Gasteiger charge is -2.38. The number of amides is 1. The zero-order chi connectivity index (χ0) is 19.0. The molecule has 0 fully saturated rings. The van der Waals surface area contributed by atoms with Crippen LogP contribution in [0.2, 0.25) is 0 Å². The molecular formula is C12H8F9NO2. The van der Waals surface area contributed by atoms with Gasteiger partial charge >= 0.3 is 24.6 Å². The number of alkyl halides is 9. The van der Waals surface area contributed by atoms with Crippen LogP contribution < -0.4 is 10.1 Å².